The first-order valence-electron chi connectivity index (χ1n) is 6.19. The third-order valence-corrected chi connectivity index (χ3v) is 3.16. The summed E-state index contributed by atoms with van der Waals surface area (Å²) < 4.78 is 4.95. The minimum absolute atomic E-state index is 0.0586. The fourth-order valence-electron chi connectivity index (χ4n) is 2.37. The number of carbonyl (C=O) groups excluding carboxylic acids is 2. The molecule has 0 bridgehead atoms. The minimum Gasteiger partial charge on any atom is -0.464 e. The standard InChI is InChI=1S/C13H14N2O5/c1-3-20-13(17)12-7-9-6-10(15(18)19)4-5-11(9)14(12)8(2)16/h4-6,12H,3,7H2,1-2H3. The van der Waals surface area contributed by atoms with Crippen molar-refractivity contribution < 1.29 is 19.2 Å². The highest BCUT2D eigenvalue weighted by Gasteiger charge is 2.38. The average molecular weight is 278 g/mol. The van der Waals surface area contributed by atoms with E-state index in [1.807, 2.05) is 0 Å². The second kappa shape index (κ2) is 5.28. The van der Waals surface area contributed by atoms with Gasteiger partial charge in [-0.25, -0.2) is 4.79 Å². The zero-order valence-corrected chi connectivity index (χ0v) is 11.2. The van der Waals surface area contributed by atoms with E-state index in [4.69, 9.17) is 4.74 Å². The number of nitrogens with zero attached hydrogens (tertiary/aromatic N) is 2. The second-order valence-corrected chi connectivity index (χ2v) is 4.43. The summed E-state index contributed by atoms with van der Waals surface area (Å²) >= 11 is 0. The summed E-state index contributed by atoms with van der Waals surface area (Å²) in [7, 11) is 0. The quantitative estimate of drug-likeness (QED) is 0.474. The van der Waals surface area contributed by atoms with Crippen molar-refractivity contribution in [3.63, 3.8) is 0 Å². The maximum Gasteiger partial charge on any atom is 0.329 e. The minimum atomic E-state index is -0.746. The van der Waals surface area contributed by atoms with Crippen LogP contribution < -0.4 is 4.90 Å². The van der Waals surface area contributed by atoms with Crippen molar-refractivity contribution >= 4 is 23.3 Å². The molecule has 0 fully saturated rings. The number of carbonyl (C=O) groups is 2. The molecule has 1 atom stereocenters. The van der Waals surface area contributed by atoms with E-state index in [0.717, 1.165) is 0 Å². The number of amides is 1. The number of ether oxygens (including phenoxy) is 1. The Morgan fingerprint density at radius 1 is 1.50 bits per heavy atom. The van der Waals surface area contributed by atoms with Gasteiger partial charge in [0.2, 0.25) is 5.91 Å². The topological polar surface area (TPSA) is 89.8 Å². The monoisotopic (exact) mass is 278 g/mol. The van der Waals surface area contributed by atoms with Crippen LogP contribution in [0.1, 0.15) is 19.4 Å². The maximum atomic E-state index is 11.9. The number of hydrogen-bond acceptors (Lipinski definition) is 5. The zero-order valence-electron chi connectivity index (χ0n) is 11.2. The van der Waals surface area contributed by atoms with Gasteiger partial charge in [0.15, 0.2) is 0 Å². The van der Waals surface area contributed by atoms with Crippen LogP contribution in [-0.2, 0) is 20.7 Å². The van der Waals surface area contributed by atoms with Crippen molar-refractivity contribution in [3.05, 3.63) is 33.9 Å². The Labute approximate surface area is 115 Å². The molecule has 0 saturated carbocycles. The van der Waals surface area contributed by atoms with Gasteiger partial charge in [-0.15, -0.1) is 0 Å². The first kappa shape index (κ1) is 14.0. The Kier molecular flexibility index (Phi) is 3.69. The molecule has 106 valence electrons. The van der Waals surface area contributed by atoms with Crippen LogP contribution in [-0.4, -0.2) is 29.4 Å². The van der Waals surface area contributed by atoms with E-state index in [9.17, 15) is 19.7 Å². The summed E-state index contributed by atoms with van der Waals surface area (Å²) in [5.41, 5.74) is 1.07. The van der Waals surface area contributed by atoms with E-state index >= 15 is 0 Å². The average Bonchev–Trinajstić information content (AvgIpc) is 2.77. The first-order chi connectivity index (χ1) is 9.45. The van der Waals surface area contributed by atoms with E-state index in [1.54, 1.807) is 6.92 Å². The van der Waals surface area contributed by atoms with Crippen LogP contribution in [0.3, 0.4) is 0 Å². The molecule has 0 saturated heterocycles. The number of hydrogen-bond donors (Lipinski definition) is 0. The predicted molar refractivity (Wildman–Crippen MR) is 70.4 cm³/mol. The van der Waals surface area contributed by atoms with E-state index < -0.39 is 16.9 Å². The molecule has 2 rings (SSSR count). The van der Waals surface area contributed by atoms with Gasteiger partial charge in [-0.3, -0.25) is 19.8 Å². The molecule has 1 aromatic rings. The fraction of sp³-hybridized carbons (Fsp3) is 0.385. The predicted octanol–water partition coefficient (Wildman–Crippen LogP) is 1.44. The molecule has 0 spiro atoms. The first-order valence-corrected chi connectivity index (χ1v) is 6.19. The zero-order chi connectivity index (χ0) is 14.9. The summed E-state index contributed by atoms with van der Waals surface area (Å²) in [4.78, 5) is 35.2. The van der Waals surface area contributed by atoms with Crippen molar-refractivity contribution in [2.24, 2.45) is 0 Å². The Balaban J connectivity index is 2.40. The molecule has 0 aliphatic carbocycles. The van der Waals surface area contributed by atoms with Gasteiger partial charge in [0.1, 0.15) is 6.04 Å². The normalized spacial score (nSPS) is 16.7. The molecule has 1 aromatic carbocycles. The number of rotatable bonds is 3. The Hall–Kier alpha value is -2.44. The van der Waals surface area contributed by atoms with Crippen molar-refractivity contribution in [2.45, 2.75) is 26.3 Å². The van der Waals surface area contributed by atoms with Crippen LogP contribution in [0.2, 0.25) is 0 Å². The number of fused-ring (bicyclic) bond motifs is 1. The summed E-state index contributed by atoms with van der Waals surface area (Å²) in [5.74, 6) is -0.794. The summed E-state index contributed by atoms with van der Waals surface area (Å²) in [5, 5.41) is 10.8. The number of nitro benzene ring substituents is 1. The number of esters is 1. The molecular formula is C13H14N2O5. The highest BCUT2D eigenvalue weighted by Crippen LogP contribution is 2.35. The molecule has 0 aromatic heterocycles. The van der Waals surface area contributed by atoms with Crippen LogP contribution in [0, 0.1) is 10.1 Å². The van der Waals surface area contributed by atoms with Gasteiger partial charge in [0, 0.05) is 31.2 Å². The van der Waals surface area contributed by atoms with E-state index in [0.29, 0.717) is 11.3 Å². The van der Waals surface area contributed by atoms with E-state index in [1.165, 1.54) is 30.0 Å². The summed E-state index contributed by atoms with van der Waals surface area (Å²) in [6.45, 7) is 3.25. The lowest BCUT2D eigenvalue weighted by Crippen LogP contribution is -2.42. The molecule has 1 aliphatic heterocycles. The summed E-state index contributed by atoms with van der Waals surface area (Å²) in [6, 6.07) is 3.46. The lowest BCUT2D eigenvalue weighted by molar-refractivity contribution is -0.384. The van der Waals surface area contributed by atoms with Gasteiger partial charge in [-0.05, 0) is 18.6 Å². The Morgan fingerprint density at radius 3 is 2.75 bits per heavy atom. The Morgan fingerprint density at radius 2 is 2.20 bits per heavy atom. The van der Waals surface area contributed by atoms with Gasteiger partial charge < -0.3 is 4.74 Å². The molecule has 7 heteroatoms. The van der Waals surface area contributed by atoms with Crippen LogP contribution >= 0.6 is 0 Å². The van der Waals surface area contributed by atoms with Crippen molar-refractivity contribution in [2.75, 3.05) is 11.5 Å². The number of nitro groups is 1. The van der Waals surface area contributed by atoms with E-state index in [2.05, 4.69) is 0 Å². The molecule has 0 N–H and O–H groups in total. The number of benzene rings is 1. The third kappa shape index (κ3) is 2.34. The van der Waals surface area contributed by atoms with Crippen LogP contribution in [0.25, 0.3) is 0 Å². The second-order valence-electron chi connectivity index (χ2n) is 4.43. The van der Waals surface area contributed by atoms with Crippen LogP contribution in [0.5, 0.6) is 0 Å². The molecule has 1 amide bonds. The molecule has 0 radical (unpaired) electrons. The van der Waals surface area contributed by atoms with Gasteiger partial charge in [-0.2, -0.15) is 0 Å². The van der Waals surface area contributed by atoms with Crippen LogP contribution in [0.4, 0.5) is 11.4 Å². The lowest BCUT2D eigenvalue weighted by atomic mass is 10.1. The molecule has 1 aliphatic rings. The molecule has 1 heterocycles. The summed E-state index contributed by atoms with van der Waals surface area (Å²) in [6.07, 6.45) is 0.232. The largest absolute Gasteiger partial charge is 0.464 e. The molecule has 7 nitrogen and oxygen atoms in total. The Bertz CT molecular complexity index is 584. The molecule has 1 unspecified atom stereocenters. The van der Waals surface area contributed by atoms with Gasteiger partial charge in [-0.1, -0.05) is 0 Å². The van der Waals surface area contributed by atoms with Gasteiger partial charge >= 0.3 is 5.97 Å². The highest BCUT2D eigenvalue weighted by molar-refractivity contribution is 6.01. The third-order valence-electron chi connectivity index (χ3n) is 3.16. The molecular weight excluding hydrogens is 264 g/mol. The number of anilines is 1. The molecule has 20 heavy (non-hydrogen) atoms. The highest BCUT2D eigenvalue weighted by atomic mass is 16.6. The van der Waals surface area contributed by atoms with Crippen molar-refractivity contribution in [1.82, 2.24) is 0 Å². The smallest absolute Gasteiger partial charge is 0.329 e. The number of non-ortho nitro benzene ring substituents is 1. The fourth-order valence-corrected chi connectivity index (χ4v) is 2.37. The maximum absolute atomic E-state index is 11.9. The van der Waals surface area contributed by atoms with Crippen LogP contribution in [0.15, 0.2) is 18.2 Å². The SMILES string of the molecule is CCOC(=O)C1Cc2cc([N+](=O)[O-])ccc2N1C(C)=O. The van der Waals surface area contributed by atoms with Crippen molar-refractivity contribution in [1.29, 1.82) is 0 Å². The van der Waals surface area contributed by atoms with E-state index in [-0.39, 0.29) is 24.6 Å². The van der Waals surface area contributed by atoms with Gasteiger partial charge in [0.25, 0.3) is 5.69 Å². The van der Waals surface area contributed by atoms with Crippen molar-refractivity contribution in [3.8, 4) is 0 Å². The lowest BCUT2D eigenvalue weighted by Gasteiger charge is -2.22. The van der Waals surface area contributed by atoms with Gasteiger partial charge in [0.05, 0.1) is 11.5 Å².